The quantitative estimate of drug-likeness (QED) is 0.876. The highest BCUT2D eigenvalue weighted by atomic mass is 35.5. The Hall–Kier alpha value is -1.88. The maximum Gasteiger partial charge on any atom is 0.244 e. The largest absolute Gasteiger partial charge is 0.366 e. The van der Waals surface area contributed by atoms with Crippen molar-refractivity contribution >= 4 is 23.4 Å². The number of halogens is 1. The molecule has 0 saturated heterocycles. The van der Waals surface area contributed by atoms with Crippen LogP contribution in [-0.4, -0.2) is 21.2 Å². The molecule has 3 rings (SSSR count). The second-order valence-corrected chi connectivity index (χ2v) is 6.06. The Morgan fingerprint density at radius 3 is 2.64 bits per heavy atom. The molecule has 0 unspecified atom stereocenters. The molecule has 2 N–H and O–H groups in total. The maximum absolute atomic E-state index is 5.88. The SMILES string of the molecule is Clc1ccc(CNc2nncc(NC3CCCCC3)n2)cc1. The summed E-state index contributed by atoms with van der Waals surface area (Å²) in [6.07, 6.45) is 8.01. The van der Waals surface area contributed by atoms with Gasteiger partial charge in [-0.1, -0.05) is 43.0 Å². The standard InChI is InChI=1S/C16H20ClN5/c17-13-8-6-12(7-9-13)10-18-16-21-15(11-19-22-16)20-14-4-2-1-3-5-14/h6-9,11,14H,1-5,10H2,(H2,18,20,21,22). The smallest absolute Gasteiger partial charge is 0.244 e. The van der Waals surface area contributed by atoms with Crippen LogP contribution in [0.25, 0.3) is 0 Å². The van der Waals surface area contributed by atoms with Crippen molar-refractivity contribution in [2.75, 3.05) is 10.6 Å². The van der Waals surface area contributed by atoms with Gasteiger partial charge in [-0.15, -0.1) is 5.10 Å². The molecule has 1 saturated carbocycles. The first-order valence-electron chi connectivity index (χ1n) is 7.74. The number of nitrogens with one attached hydrogen (secondary N) is 2. The highest BCUT2D eigenvalue weighted by Crippen LogP contribution is 2.20. The fraction of sp³-hybridized carbons (Fsp3) is 0.438. The molecule has 1 aliphatic rings. The molecule has 0 bridgehead atoms. The molecule has 22 heavy (non-hydrogen) atoms. The van der Waals surface area contributed by atoms with Crippen LogP contribution in [0.3, 0.4) is 0 Å². The first-order valence-corrected chi connectivity index (χ1v) is 8.12. The Balaban J connectivity index is 1.57. The van der Waals surface area contributed by atoms with Crippen LogP contribution in [0.5, 0.6) is 0 Å². The Morgan fingerprint density at radius 1 is 1.09 bits per heavy atom. The molecule has 6 heteroatoms. The van der Waals surface area contributed by atoms with Crippen molar-refractivity contribution in [2.24, 2.45) is 0 Å². The van der Waals surface area contributed by atoms with E-state index in [4.69, 9.17) is 11.6 Å². The van der Waals surface area contributed by atoms with Crippen LogP contribution in [0, 0.1) is 0 Å². The molecule has 1 aliphatic carbocycles. The topological polar surface area (TPSA) is 62.7 Å². The molecule has 0 spiro atoms. The lowest BCUT2D eigenvalue weighted by Gasteiger charge is -2.23. The third kappa shape index (κ3) is 4.31. The van der Waals surface area contributed by atoms with E-state index in [0.717, 1.165) is 16.4 Å². The van der Waals surface area contributed by atoms with Gasteiger partial charge in [-0.3, -0.25) is 0 Å². The van der Waals surface area contributed by atoms with E-state index in [2.05, 4.69) is 25.8 Å². The maximum atomic E-state index is 5.88. The normalized spacial score (nSPS) is 15.5. The van der Waals surface area contributed by atoms with Crippen molar-refractivity contribution in [3.05, 3.63) is 41.0 Å². The van der Waals surface area contributed by atoms with E-state index in [1.807, 2.05) is 24.3 Å². The zero-order valence-corrected chi connectivity index (χ0v) is 13.2. The van der Waals surface area contributed by atoms with Crippen LogP contribution in [0.4, 0.5) is 11.8 Å². The van der Waals surface area contributed by atoms with E-state index in [-0.39, 0.29) is 0 Å². The van der Waals surface area contributed by atoms with Crippen molar-refractivity contribution in [1.82, 2.24) is 15.2 Å². The van der Waals surface area contributed by atoms with Crippen molar-refractivity contribution < 1.29 is 0 Å². The van der Waals surface area contributed by atoms with Crippen LogP contribution in [0.2, 0.25) is 5.02 Å². The predicted molar refractivity (Wildman–Crippen MR) is 89.1 cm³/mol. The number of benzene rings is 1. The van der Waals surface area contributed by atoms with Gasteiger partial charge in [-0.2, -0.15) is 10.1 Å². The number of nitrogens with zero attached hydrogens (tertiary/aromatic N) is 3. The highest BCUT2D eigenvalue weighted by Gasteiger charge is 2.13. The third-order valence-electron chi connectivity index (χ3n) is 3.88. The Bertz CT molecular complexity index is 596. The second-order valence-electron chi connectivity index (χ2n) is 5.62. The molecule has 1 aromatic carbocycles. The van der Waals surface area contributed by atoms with Crippen LogP contribution in [0.15, 0.2) is 30.5 Å². The van der Waals surface area contributed by atoms with E-state index in [9.17, 15) is 0 Å². The van der Waals surface area contributed by atoms with Crippen molar-refractivity contribution in [3.8, 4) is 0 Å². The van der Waals surface area contributed by atoms with E-state index >= 15 is 0 Å². The Kier molecular flexibility index (Phi) is 5.06. The minimum atomic E-state index is 0.509. The predicted octanol–water partition coefficient (Wildman–Crippen LogP) is 3.88. The lowest BCUT2D eigenvalue weighted by molar-refractivity contribution is 0.461. The summed E-state index contributed by atoms with van der Waals surface area (Å²) in [5, 5.41) is 15.4. The molecule has 1 aromatic heterocycles. The molecule has 0 amide bonds. The van der Waals surface area contributed by atoms with Crippen LogP contribution in [0.1, 0.15) is 37.7 Å². The summed E-state index contributed by atoms with van der Waals surface area (Å²) in [6, 6.07) is 8.21. The Morgan fingerprint density at radius 2 is 1.86 bits per heavy atom. The minimum absolute atomic E-state index is 0.509. The molecule has 116 valence electrons. The molecular weight excluding hydrogens is 298 g/mol. The van der Waals surface area contributed by atoms with Gasteiger partial charge in [-0.05, 0) is 30.5 Å². The first kappa shape index (κ1) is 15.0. The van der Waals surface area contributed by atoms with Gasteiger partial charge in [0.05, 0.1) is 6.20 Å². The van der Waals surface area contributed by atoms with Gasteiger partial charge in [0.1, 0.15) is 0 Å². The molecule has 0 radical (unpaired) electrons. The summed E-state index contributed by atoms with van der Waals surface area (Å²) >= 11 is 5.88. The van der Waals surface area contributed by atoms with E-state index in [1.54, 1.807) is 6.20 Å². The van der Waals surface area contributed by atoms with Gasteiger partial charge in [0, 0.05) is 17.6 Å². The van der Waals surface area contributed by atoms with Gasteiger partial charge in [0.25, 0.3) is 0 Å². The van der Waals surface area contributed by atoms with Crippen LogP contribution < -0.4 is 10.6 Å². The summed E-state index contributed by atoms with van der Waals surface area (Å²) in [5.74, 6) is 1.33. The zero-order valence-electron chi connectivity index (χ0n) is 12.4. The Labute approximate surface area is 135 Å². The van der Waals surface area contributed by atoms with Crippen LogP contribution in [-0.2, 0) is 6.54 Å². The van der Waals surface area contributed by atoms with Crippen molar-refractivity contribution in [3.63, 3.8) is 0 Å². The number of aromatic nitrogens is 3. The molecule has 0 aliphatic heterocycles. The monoisotopic (exact) mass is 317 g/mol. The van der Waals surface area contributed by atoms with Crippen molar-refractivity contribution in [2.45, 2.75) is 44.7 Å². The van der Waals surface area contributed by atoms with Crippen molar-refractivity contribution in [1.29, 1.82) is 0 Å². The van der Waals surface area contributed by atoms with Gasteiger partial charge in [-0.25, -0.2) is 0 Å². The second kappa shape index (κ2) is 7.40. The lowest BCUT2D eigenvalue weighted by Crippen LogP contribution is -2.23. The summed E-state index contributed by atoms with van der Waals surface area (Å²) in [5.41, 5.74) is 1.12. The average molecular weight is 318 g/mol. The molecular formula is C16H20ClN5. The van der Waals surface area contributed by atoms with Gasteiger partial charge >= 0.3 is 0 Å². The molecule has 1 heterocycles. The average Bonchev–Trinajstić information content (AvgIpc) is 2.56. The fourth-order valence-electron chi connectivity index (χ4n) is 2.69. The van der Waals surface area contributed by atoms with E-state index in [0.29, 0.717) is 18.5 Å². The van der Waals surface area contributed by atoms with Gasteiger partial charge < -0.3 is 10.6 Å². The first-order chi connectivity index (χ1) is 10.8. The van der Waals surface area contributed by atoms with E-state index < -0.39 is 0 Å². The molecule has 2 aromatic rings. The molecule has 1 fully saturated rings. The minimum Gasteiger partial charge on any atom is -0.366 e. The van der Waals surface area contributed by atoms with Crippen LogP contribution >= 0.6 is 11.6 Å². The summed E-state index contributed by atoms with van der Waals surface area (Å²) in [7, 11) is 0. The lowest BCUT2D eigenvalue weighted by atomic mass is 9.96. The third-order valence-corrected chi connectivity index (χ3v) is 4.13. The highest BCUT2D eigenvalue weighted by molar-refractivity contribution is 6.30. The van der Waals surface area contributed by atoms with E-state index in [1.165, 1.54) is 32.1 Å². The summed E-state index contributed by atoms with van der Waals surface area (Å²) < 4.78 is 0. The number of hydrogen-bond donors (Lipinski definition) is 2. The van der Waals surface area contributed by atoms with Gasteiger partial charge in [0.2, 0.25) is 5.95 Å². The summed E-state index contributed by atoms with van der Waals surface area (Å²) in [6.45, 7) is 0.645. The van der Waals surface area contributed by atoms with Gasteiger partial charge in [0.15, 0.2) is 5.82 Å². The molecule has 5 nitrogen and oxygen atoms in total. The summed E-state index contributed by atoms with van der Waals surface area (Å²) in [4.78, 5) is 4.48. The number of hydrogen-bond acceptors (Lipinski definition) is 5. The zero-order chi connectivity index (χ0) is 15.2. The molecule has 0 atom stereocenters. The number of anilines is 2. The number of rotatable bonds is 5. The fourth-order valence-corrected chi connectivity index (χ4v) is 2.81.